The molecule has 0 bridgehead atoms. The van der Waals surface area contributed by atoms with E-state index in [-0.39, 0.29) is 0 Å². The average molecular weight is 387 g/mol. The molecule has 28 heavy (non-hydrogen) atoms. The molecule has 3 rings (SSSR count). The number of fused-ring (bicyclic) bond motifs is 1. The number of nitrogens with one attached hydrogen (secondary N) is 1. The highest BCUT2D eigenvalue weighted by atomic mass is 16.5. The van der Waals surface area contributed by atoms with Crippen molar-refractivity contribution in [2.24, 2.45) is 4.99 Å². The number of hydrogen-bond acceptors (Lipinski definition) is 5. The minimum Gasteiger partial charge on any atom is -0.497 e. The Hall–Kier alpha value is -2.77. The van der Waals surface area contributed by atoms with Crippen molar-refractivity contribution in [2.75, 3.05) is 27.8 Å². The predicted molar refractivity (Wildman–Crippen MR) is 109 cm³/mol. The first kappa shape index (κ1) is 20.0. The van der Waals surface area contributed by atoms with Gasteiger partial charge in [-0.25, -0.2) is 4.99 Å². The van der Waals surface area contributed by atoms with Crippen LogP contribution in [0.25, 0.3) is 0 Å². The minimum atomic E-state index is 0.513. The number of ether oxygens (including phenoxy) is 2. The van der Waals surface area contributed by atoms with Gasteiger partial charge in [0.2, 0.25) is 0 Å². The molecule has 0 fully saturated rings. The van der Waals surface area contributed by atoms with Crippen LogP contribution in [0.1, 0.15) is 37.0 Å². The highest BCUT2D eigenvalue weighted by Gasteiger charge is 2.16. The summed E-state index contributed by atoms with van der Waals surface area (Å²) < 4.78 is 13.0. The fourth-order valence-corrected chi connectivity index (χ4v) is 3.41. The molecule has 0 saturated heterocycles. The van der Waals surface area contributed by atoms with Gasteiger partial charge in [0, 0.05) is 44.7 Å². The van der Waals surface area contributed by atoms with Crippen molar-refractivity contribution in [2.45, 2.75) is 45.8 Å². The summed E-state index contributed by atoms with van der Waals surface area (Å²) in [5, 5.41) is 12.0. The van der Waals surface area contributed by atoms with Gasteiger partial charge in [-0.15, -0.1) is 10.2 Å². The Labute approximate surface area is 166 Å². The van der Waals surface area contributed by atoms with Crippen LogP contribution in [-0.4, -0.2) is 53.4 Å². The molecule has 1 aromatic carbocycles. The number of methoxy groups -OCH3 is 2. The summed E-state index contributed by atoms with van der Waals surface area (Å²) in [4.78, 5) is 6.88. The molecule has 0 saturated carbocycles. The second-order valence-electron chi connectivity index (χ2n) is 6.85. The van der Waals surface area contributed by atoms with Crippen LogP contribution >= 0.6 is 0 Å². The number of rotatable bonds is 7. The highest BCUT2D eigenvalue weighted by Crippen LogP contribution is 2.25. The first-order valence-electron chi connectivity index (χ1n) is 9.77. The molecule has 1 aliphatic heterocycles. The fraction of sp³-hybridized carbons (Fsp3) is 0.550. The van der Waals surface area contributed by atoms with Gasteiger partial charge in [-0.3, -0.25) is 0 Å². The van der Waals surface area contributed by atoms with E-state index in [1.807, 2.05) is 25.2 Å². The number of guanidine groups is 1. The molecule has 152 valence electrons. The molecule has 1 N–H and O–H groups in total. The van der Waals surface area contributed by atoms with Crippen LogP contribution in [0.5, 0.6) is 11.5 Å². The molecule has 0 unspecified atom stereocenters. The Kier molecular flexibility index (Phi) is 6.73. The lowest BCUT2D eigenvalue weighted by Gasteiger charge is -2.23. The summed E-state index contributed by atoms with van der Waals surface area (Å²) in [6, 6.07) is 5.86. The normalized spacial score (nSPS) is 13.8. The largest absolute Gasteiger partial charge is 0.497 e. The lowest BCUT2D eigenvalue weighted by molar-refractivity contribution is 0.382. The summed E-state index contributed by atoms with van der Waals surface area (Å²) in [6.45, 7) is 5.02. The maximum Gasteiger partial charge on any atom is 0.194 e. The molecular formula is C20H30N6O2. The summed E-state index contributed by atoms with van der Waals surface area (Å²) in [5.41, 5.74) is 1.07. The quantitative estimate of drug-likeness (QED) is 0.581. The van der Waals surface area contributed by atoms with Crippen molar-refractivity contribution in [3.63, 3.8) is 0 Å². The van der Waals surface area contributed by atoms with Crippen molar-refractivity contribution in [1.29, 1.82) is 0 Å². The van der Waals surface area contributed by atoms with Crippen LogP contribution in [0.2, 0.25) is 0 Å². The molecular weight excluding hydrogens is 356 g/mol. The maximum atomic E-state index is 5.52. The number of hydrogen-bond donors (Lipinski definition) is 1. The monoisotopic (exact) mass is 386 g/mol. The van der Waals surface area contributed by atoms with Gasteiger partial charge < -0.3 is 24.3 Å². The third kappa shape index (κ3) is 4.55. The van der Waals surface area contributed by atoms with E-state index in [0.717, 1.165) is 54.2 Å². The number of aliphatic imine (C=N–C) groups is 1. The Balaban J connectivity index is 1.74. The van der Waals surface area contributed by atoms with E-state index in [4.69, 9.17) is 14.5 Å². The molecule has 8 heteroatoms. The van der Waals surface area contributed by atoms with E-state index in [1.165, 1.54) is 12.8 Å². The highest BCUT2D eigenvalue weighted by molar-refractivity contribution is 5.79. The first-order valence-corrected chi connectivity index (χ1v) is 9.77. The molecule has 2 heterocycles. The summed E-state index contributed by atoms with van der Waals surface area (Å²) in [7, 11) is 5.34. The van der Waals surface area contributed by atoms with Gasteiger partial charge in [0.1, 0.15) is 23.9 Å². The molecule has 2 aromatic rings. The zero-order chi connectivity index (χ0) is 19.9. The van der Waals surface area contributed by atoms with Gasteiger partial charge in [0.05, 0.1) is 14.2 Å². The Bertz CT molecular complexity index is 817. The predicted octanol–water partition coefficient (Wildman–Crippen LogP) is 2.23. The molecule has 1 aliphatic rings. The molecule has 0 radical (unpaired) electrons. The van der Waals surface area contributed by atoms with Gasteiger partial charge in [0.25, 0.3) is 0 Å². The zero-order valence-electron chi connectivity index (χ0n) is 17.2. The van der Waals surface area contributed by atoms with Gasteiger partial charge >= 0.3 is 0 Å². The van der Waals surface area contributed by atoms with E-state index < -0.39 is 0 Å². The van der Waals surface area contributed by atoms with E-state index in [2.05, 4.69) is 31.9 Å². The molecule has 0 amide bonds. The van der Waals surface area contributed by atoms with Crippen LogP contribution in [-0.2, 0) is 26.1 Å². The number of aryl methyl sites for hydroxylation is 1. The molecule has 0 atom stereocenters. The Morgan fingerprint density at radius 2 is 2.11 bits per heavy atom. The summed E-state index contributed by atoms with van der Waals surface area (Å²) in [6.07, 6.45) is 3.38. The van der Waals surface area contributed by atoms with Gasteiger partial charge in [-0.1, -0.05) is 0 Å². The Morgan fingerprint density at radius 1 is 1.25 bits per heavy atom. The van der Waals surface area contributed by atoms with Crippen LogP contribution in [0.15, 0.2) is 23.2 Å². The van der Waals surface area contributed by atoms with Gasteiger partial charge in [0.15, 0.2) is 11.8 Å². The topological polar surface area (TPSA) is 76.8 Å². The lowest BCUT2D eigenvalue weighted by atomic mass is 10.2. The van der Waals surface area contributed by atoms with Gasteiger partial charge in [-0.05, 0) is 31.9 Å². The van der Waals surface area contributed by atoms with Crippen LogP contribution < -0.4 is 14.8 Å². The maximum absolute atomic E-state index is 5.52. The molecule has 1 aromatic heterocycles. The standard InChI is InChI=1S/C20H30N6O2/c1-5-21-20(22-13-19-24-23-18-8-6-7-11-26(18)19)25(2)14-15-9-10-16(27-3)12-17(15)28-4/h9-10,12H,5-8,11,13-14H2,1-4H3,(H,21,22). The second-order valence-corrected chi connectivity index (χ2v) is 6.85. The van der Waals surface area contributed by atoms with Crippen LogP contribution in [0.4, 0.5) is 0 Å². The first-order chi connectivity index (χ1) is 13.7. The third-order valence-electron chi connectivity index (χ3n) is 4.90. The number of benzene rings is 1. The second kappa shape index (κ2) is 9.43. The lowest BCUT2D eigenvalue weighted by Crippen LogP contribution is -2.38. The van der Waals surface area contributed by atoms with Crippen molar-refractivity contribution in [3.05, 3.63) is 35.4 Å². The van der Waals surface area contributed by atoms with E-state index >= 15 is 0 Å². The van der Waals surface area contributed by atoms with E-state index in [9.17, 15) is 0 Å². The van der Waals surface area contributed by atoms with Crippen molar-refractivity contribution >= 4 is 5.96 Å². The summed E-state index contributed by atoms with van der Waals surface area (Å²) in [5.74, 6) is 4.42. The fourth-order valence-electron chi connectivity index (χ4n) is 3.41. The molecule has 0 aliphatic carbocycles. The van der Waals surface area contributed by atoms with Crippen LogP contribution in [0, 0.1) is 0 Å². The number of nitrogens with zero attached hydrogens (tertiary/aromatic N) is 5. The summed E-state index contributed by atoms with van der Waals surface area (Å²) >= 11 is 0. The Morgan fingerprint density at radius 3 is 2.86 bits per heavy atom. The smallest absolute Gasteiger partial charge is 0.194 e. The van der Waals surface area contributed by atoms with Crippen molar-refractivity contribution < 1.29 is 9.47 Å². The number of aromatic nitrogens is 3. The minimum absolute atomic E-state index is 0.513. The molecule has 0 spiro atoms. The van der Waals surface area contributed by atoms with Gasteiger partial charge in [-0.2, -0.15) is 0 Å². The van der Waals surface area contributed by atoms with Crippen molar-refractivity contribution in [1.82, 2.24) is 25.0 Å². The molecule has 8 nitrogen and oxygen atoms in total. The van der Waals surface area contributed by atoms with Crippen LogP contribution in [0.3, 0.4) is 0 Å². The average Bonchev–Trinajstić information content (AvgIpc) is 3.14. The SMILES string of the molecule is CCNC(=NCc1nnc2n1CCCC2)N(C)Cc1ccc(OC)cc1OC. The van der Waals surface area contributed by atoms with E-state index in [0.29, 0.717) is 13.1 Å². The van der Waals surface area contributed by atoms with E-state index in [1.54, 1.807) is 14.2 Å². The zero-order valence-corrected chi connectivity index (χ0v) is 17.2. The van der Waals surface area contributed by atoms with Crippen molar-refractivity contribution in [3.8, 4) is 11.5 Å². The third-order valence-corrected chi connectivity index (χ3v) is 4.90.